The van der Waals surface area contributed by atoms with Gasteiger partial charge in [0.2, 0.25) is 5.91 Å². The number of hydrogen-bond donors (Lipinski definition) is 1. The third kappa shape index (κ3) is 2.57. The van der Waals surface area contributed by atoms with Crippen LogP contribution in [-0.2, 0) is 4.79 Å². The first-order valence-electron chi connectivity index (χ1n) is 6.41. The van der Waals surface area contributed by atoms with E-state index in [1.807, 2.05) is 11.9 Å². The van der Waals surface area contributed by atoms with E-state index in [2.05, 4.69) is 20.8 Å². The molecule has 0 bridgehead atoms. The number of amides is 1. The predicted molar refractivity (Wildman–Crippen MR) is 67.0 cm³/mol. The molecule has 1 aliphatic carbocycles. The van der Waals surface area contributed by atoms with Gasteiger partial charge in [0, 0.05) is 18.5 Å². The Morgan fingerprint density at radius 2 is 2.06 bits per heavy atom. The average molecular weight is 226 g/mol. The molecule has 0 radical (unpaired) electrons. The number of carbonyl (C=O) groups excluding carboxylic acids is 1. The van der Waals surface area contributed by atoms with E-state index in [9.17, 15) is 4.79 Å². The fourth-order valence-corrected chi connectivity index (χ4v) is 2.43. The Labute approximate surface area is 99.4 Å². The van der Waals surface area contributed by atoms with Crippen molar-refractivity contribution in [1.29, 1.82) is 0 Å². The SMILES string of the molecule is CCC(C)(C)N(C)C(=O)C1CCCC1CN. The van der Waals surface area contributed by atoms with Crippen LogP contribution >= 0.6 is 0 Å². The van der Waals surface area contributed by atoms with E-state index in [0.29, 0.717) is 18.4 Å². The van der Waals surface area contributed by atoms with Crippen LogP contribution in [0.4, 0.5) is 0 Å². The van der Waals surface area contributed by atoms with E-state index in [0.717, 1.165) is 25.7 Å². The van der Waals surface area contributed by atoms with Crippen LogP contribution in [0.1, 0.15) is 46.5 Å². The van der Waals surface area contributed by atoms with Gasteiger partial charge in [-0.05, 0) is 45.6 Å². The van der Waals surface area contributed by atoms with Crippen LogP contribution < -0.4 is 5.73 Å². The standard InChI is InChI=1S/C13H26N2O/c1-5-13(2,3)15(4)12(16)11-8-6-7-10(11)9-14/h10-11H,5-9,14H2,1-4H3. The van der Waals surface area contributed by atoms with Crippen LogP contribution in [0.25, 0.3) is 0 Å². The third-order valence-electron chi connectivity index (χ3n) is 4.38. The molecule has 0 saturated heterocycles. The summed E-state index contributed by atoms with van der Waals surface area (Å²) in [6, 6.07) is 0. The predicted octanol–water partition coefficient (Wildman–Crippen LogP) is 2.01. The van der Waals surface area contributed by atoms with E-state index in [1.165, 1.54) is 0 Å². The van der Waals surface area contributed by atoms with Crippen LogP contribution in [-0.4, -0.2) is 29.9 Å². The maximum atomic E-state index is 12.4. The van der Waals surface area contributed by atoms with E-state index < -0.39 is 0 Å². The smallest absolute Gasteiger partial charge is 0.226 e. The summed E-state index contributed by atoms with van der Waals surface area (Å²) < 4.78 is 0. The molecule has 0 aromatic rings. The summed E-state index contributed by atoms with van der Waals surface area (Å²) in [7, 11) is 1.93. The second-order valence-electron chi connectivity index (χ2n) is 5.60. The van der Waals surface area contributed by atoms with Gasteiger partial charge in [0.15, 0.2) is 0 Å². The zero-order valence-electron chi connectivity index (χ0n) is 11.1. The Hall–Kier alpha value is -0.570. The first kappa shape index (κ1) is 13.5. The van der Waals surface area contributed by atoms with E-state index in [-0.39, 0.29) is 11.5 Å². The molecular formula is C13H26N2O. The van der Waals surface area contributed by atoms with Crippen LogP contribution in [0, 0.1) is 11.8 Å². The van der Waals surface area contributed by atoms with Gasteiger partial charge in [-0.1, -0.05) is 13.3 Å². The summed E-state index contributed by atoms with van der Waals surface area (Å²) in [5.74, 6) is 0.864. The summed E-state index contributed by atoms with van der Waals surface area (Å²) in [6.45, 7) is 7.02. The topological polar surface area (TPSA) is 46.3 Å². The maximum absolute atomic E-state index is 12.4. The van der Waals surface area contributed by atoms with Gasteiger partial charge >= 0.3 is 0 Å². The van der Waals surface area contributed by atoms with Gasteiger partial charge in [-0.2, -0.15) is 0 Å². The minimum Gasteiger partial charge on any atom is -0.340 e. The van der Waals surface area contributed by atoms with Crippen molar-refractivity contribution in [3.05, 3.63) is 0 Å². The lowest BCUT2D eigenvalue weighted by atomic mass is 9.91. The van der Waals surface area contributed by atoms with E-state index in [4.69, 9.17) is 5.73 Å². The molecule has 3 heteroatoms. The van der Waals surface area contributed by atoms with Crippen LogP contribution in [0.15, 0.2) is 0 Å². The number of nitrogens with zero attached hydrogens (tertiary/aromatic N) is 1. The van der Waals surface area contributed by atoms with Crippen LogP contribution in [0.5, 0.6) is 0 Å². The molecule has 1 fully saturated rings. The Morgan fingerprint density at radius 3 is 2.56 bits per heavy atom. The highest BCUT2D eigenvalue weighted by Crippen LogP contribution is 2.33. The molecule has 0 aromatic carbocycles. The molecule has 2 unspecified atom stereocenters. The summed E-state index contributed by atoms with van der Waals surface area (Å²) >= 11 is 0. The van der Waals surface area contributed by atoms with Crippen molar-refractivity contribution in [2.24, 2.45) is 17.6 Å². The molecule has 2 atom stereocenters. The van der Waals surface area contributed by atoms with Crippen molar-refractivity contribution in [2.75, 3.05) is 13.6 Å². The molecule has 3 nitrogen and oxygen atoms in total. The molecule has 1 saturated carbocycles. The molecule has 1 rings (SSSR count). The van der Waals surface area contributed by atoms with Gasteiger partial charge in [0.1, 0.15) is 0 Å². The lowest BCUT2D eigenvalue weighted by molar-refractivity contribution is -0.140. The highest BCUT2D eigenvalue weighted by atomic mass is 16.2. The van der Waals surface area contributed by atoms with Gasteiger partial charge in [0.05, 0.1) is 0 Å². The minimum atomic E-state index is -0.0428. The zero-order valence-corrected chi connectivity index (χ0v) is 11.1. The number of rotatable bonds is 4. The molecule has 94 valence electrons. The summed E-state index contributed by atoms with van der Waals surface area (Å²) in [5, 5.41) is 0. The number of hydrogen-bond acceptors (Lipinski definition) is 2. The Balaban J connectivity index is 2.70. The number of carbonyl (C=O) groups is 1. The monoisotopic (exact) mass is 226 g/mol. The van der Waals surface area contributed by atoms with Gasteiger partial charge in [-0.15, -0.1) is 0 Å². The molecule has 0 heterocycles. The van der Waals surface area contributed by atoms with E-state index >= 15 is 0 Å². The van der Waals surface area contributed by atoms with Crippen molar-refractivity contribution in [3.8, 4) is 0 Å². The molecule has 1 aliphatic rings. The second-order valence-corrected chi connectivity index (χ2v) is 5.60. The summed E-state index contributed by atoms with van der Waals surface area (Å²) in [5.41, 5.74) is 5.69. The third-order valence-corrected chi connectivity index (χ3v) is 4.38. The lowest BCUT2D eigenvalue weighted by Crippen LogP contribution is -2.48. The molecule has 0 spiro atoms. The average Bonchev–Trinajstić information content (AvgIpc) is 2.74. The van der Waals surface area contributed by atoms with Crippen molar-refractivity contribution < 1.29 is 4.79 Å². The Kier molecular flexibility index (Phi) is 4.36. The highest BCUT2D eigenvalue weighted by molar-refractivity contribution is 5.80. The fourth-order valence-electron chi connectivity index (χ4n) is 2.43. The minimum absolute atomic E-state index is 0.0428. The lowest BCUT2D eigenvalue weighted by Gasteiger charge is -2.37. The van der Waals surface area contributed by atoms with Gasteiger partial charge in [-0.25, -0.2) is 0 Å². The van der Waals surface area contributed by atoms with Crippen molar-refractivity contribution >= 4 is 5.91 Å². The molecule has 1 amide bonds. The zero-order chi connectivity index (χ0) is 12.3. The van der Waals surface area contributed by atoms with Gasteiger partial charge in [0.25, 0.3) is 0 Å². The van der Waals surface area contributed by atoms with Crippen LogP contribution in [0.2, 0.25) is 0 Å². The van der Waals surface area contributed by atoms with Crippen molar-refractivity contribution in [3.63, 3.8) is 0 Å². The summed E-state index contributed by atoms with van der Waals surface area (Å²) in [4.78, 5) is 14.3. The second kappa shape index (κ2) is 5.17. The molecule has 2 N–H and O–H groups in total. The molecular weight excluding hydrogens is 200 g/mol. The first-order chi connectivity index (χ1) is 7.44. The number of nitrogens with two attached hydrogens (primary N) is 1. The Bertz CT molecular complexity index is 246. The molecule has 0 aromatic heterocycles. The van der Waals surface area contributed by atoms with Gasteiger partial charge in [-0.3, -0.25) is 4.79 Å². The molecule has 16 heavy (non-hydrogen) atoms. The normalized spacial score (nSPS) is 25.8. The van der Waals surface area contributed by atoms with Crippen molar-refractivity contribution in [1.82, 2.24) is 4.90 Å². The highest BCUT2D eigenvalue weighted by Gasteiger charge is 2.37. The molecule has 0 aliphatic heterocycles. The van der Waals surface area contributed by atoms with E-state index in [1.54, 1.807) is 0 Å². The fraction of sp³-hybridized carbons (Fsp3) is 0.923. The van der Waals surface area contributed by atoms with Crippen molar-refractivity contribution in [2.45, 2.75) is 52.0 Å². The largest absolute Gasteiger partial charge is 0.340 e. The van der Waals surface area contributed by atoms with Crippen LogP contribution in [0.3, 0.4) is 0 Å². The summed E-state index contributed by atoms with van der Waals surface area (Å²) in [6.07, 6.45) is 4.27. The Morgan fingerprint density at radius 1 is 1.44 bits per heavy atom. The quantitative estimate of drug-likeness (QED) is 0.797. The maximum Gasteiger partial charge on any atom is 0.226 e. The van der Waals surface area contributed by atoms with Gasteiger partial charge < -0.3 is 10.6 Å². The first-order valence-corrected chi connectivity index (χ1v) is 6.41.